The van der Waals surface area contributed by atoms with Crippen molar-refractivity contribution in [3.05, 3.63) is 151 Å². The molecule has 0 unspecified atom stereocenters. The van der Waals surface area contributed by atoms with Crippen molar-refractivity contribution in [1.82, 2.24) is 19.9 Å². The summed E-state index contributed by atoms with van der Waals surface area (Å²) >= 11 is 0. The third-order valence-electron chi connectivity index (χ3n) is 9.14. The molecule has 0 spiro atoms. The highest BCUT2D eigenvalue weighted by molar-refractivity contribution is 6.98. The Labute approximate surface area is 293 Å². The maximum atomic E-state index is 6.49. The number of aryl methyl sites for hydroxylation is 2. The van der Waals surface area contributed by atoms with Gasteiger partial charge in [0.2, 0.25) is 0 Å². The van der Waals surface area contributed by atoms with Crippen molar-refractivity contribution < 1.29 is 9.47 Å². The fourth-order valence-corrected chi connectivity index (χ4v) is 6.52. The molecule has 6 nitrogen and oxygen atoms in total. The molecule has 8 rings (SSSR count). The summed E-state index contributed by atoms with van der Waals surface area (Å²) in [4.78, 5) is 18.9. The predicted octanol–water partition coefficient (Wildman–Crippen LogP) is 8.42. The van der Waals surface area contributed by atoms with Crippen molar-refractivity contribution in [2.75, 3.05) is 0 Å². The molecule has 7 aromatic rings. The van der Waals surface area contributed by atoms with Gasteiger partial charge in [0.25, 0.3) is 6.71 Å². The van der Waals surface area contributed by atoms with Gasteiger partial charge in [-0.2, -0.15) is 0 Å². The number of pyridine rings is 2. The van der Waals surface area contributed by atoms with E-state index in [1.165, 1.54) is 0 Å². The molecule has 0 amide bonds. The van der Waals surface area contributed by atoms with Crippen molar-refractivity contribution in [2.45, 2.75) is 33.6 Å². The minimum Gasteiger partial charge on any atom is -0.457 e. The molecule has 4 heterocycles. The molecule has 0 aliphatic carbocycles. The molecule has 50 heavy (non-hydrogen) atoms. The minimum absolute atomic E-state index is 0.195. The topological polar surface area (TPSA) is 70.0 Å². The average Bonchev–Trinajstić information content (AvgIpc) is 3.44. The first kappa shape index (κ1) is 31.2. The molecule has 1 aliphatic rings. The SMILES string of the molecule is Cc1ccnc(-c2cccc(Oc3ccc4c(c3)B(c3ncc(C(C)C)cn3)c3cc(Oc5cccc(-c6cc(C)ccn6)c5)ccc3-4)c2)c1. The van der Waals surface area contributed by atoms with E-state index in [1.807, 2.05) is 85.5 Å². The molecule has 242 valence electrons. The standard InChI is InChI=1S/C43H35BN4O2/c1-27(2)32-25-47-43(48-26-32)44-39-23-35(49-33-9-5-7-30(21-33)41-19-28(3)15-17-45-41)11-13-37(39)38-14-12-36(24-40(38)44)50-34-10-6-8-31(22-34)42-20-29(4)16-18-46-42/h5-27H,1-4H3. The van der Waals surface area contributed by atoms with Crippen LogP contribution in [0.3, 0.4) is 0 Å². The molecule has 7 heteroatoms. The maximum absolute atomic E-state index is 6.49. The van der Waals surface area contributed by atoms with Crippen LogP contribution in [-0.2, 0) is 0 Å². The summed E-state index contributed by atoms with van der Waals surface area (Å²) in [7, 11) is 0. The summed E-state index contributed by atoms with van der Waals surface area (Å²) in [6.07, 6.45) is 7.56. The first-order chi connectivity index (χ1) is 24.4. The van der Waals surface area contributed by atoms with Gasteiger partial charge < -0.3 is 9.47 Å². The highest BCUT2D eigenvalue weighted by Crippen LogP contribution is 2.33. The normalized spacial score (nSPS) is 11.7. The highest BCUT2D eigenvalue weighted by atomic mass is 16.5. The second kappa shape index (κ2) is 13.1. The molecule has 3 aromatic heterocycles. The molecule has 1 aliphatic heterocycles. The van der Waals surface area contributed by atoms with Crippen molar-refractivity contribution in [3.63, 3.8) is 0 Å². The maximum Gasteiger partial charge on any atom is 0.291 e. The second-order valence-electron chi connectivity index (χ2n) is 13.2. The van der Waals surface area contributed by atoms with E-state index in [-0.39, 0.29) is 6.71 Å². The van der Waals surface area contributed by atoms with E-state index in [2.05, 4.69) is 86.2 Å². The van der Waals surface area contributed by atoms with Crippen LogP contribution in [0.5, 0.6) is 23.0 Å². The van der Waals surface area contributed by atoms with E-state index >= 15 is 0 Å². The Kier molecular flexibility index (Phi) is 8.17. The smallest absolute Gasteiger partial charge is 0.291 e. The predicted molar refractivity (Wildman–Crippen MR) is 202 cm³/mol. The Hall–Kier alpha value is -6.08. The fourth-order valence-electron chi connectivity index (χ4n) is 6.52. The Morgan fingerprint density at radius 3 is 1.46 bits per heavy atom. The molecule has 4 aromatic carbocycles. The van der Waals surface area contributed by atoms with Gasteiger partial charge in [0.15, 0.2) is 0 Å². The third-order valence-corrected chi connectivity index (χ3v) is 9.14. The van der Waals surface area contributed by atoms with Gasteiger partial charge in [0.1, 0.15) is 23.0 Å². The lowest BCUT2D eigenvalue weighted by Crippen LogP contribution is -2.51. The van der Waals surface area contributed by atoms with E-state index in [0.717, 1.165) is 90.0 Å². The van der Waals surface area contributed by atoms with E-state index in [4.69, 9.17) is 19.4 Å². The lowest BCUT2D eigenvalue weighted by atomic mass is 9.42. The summed E-state index contributed by atoms with van der Waals surface area (Å²) < 4.78 is 13.0. The third kappa shape index (κ3) is 6.26. The number of ether oxygens (including phenoxy) is 2. The first-order valence-electron chi connectivity index (χ1n) is 16.9. The summed E-state index contributed by atoms with van der Waals surface area (Å²) in [5.41, 5.74) is 12.5. The summed E-state index contributed by atoms with van der Waals surface area (Å²) in [5.74, 6) is 3.31. The molecule has 0 fully saturated rings. The second-order valence-corrected chi connectivity index (χ2v) is 13.2. The van der Waals surface area contributed by atoms with Crippen LogP contribution in [-0.4, -0.2) is 26.6 Å². The monoisotopic (exact) mass is 650 g/mol. The zero-order valence-corrected chi connectivity index (χ0v) is 28.5. The van der Waals surface area contributed by atoms with Crippen LogP contribution in [0.25, 0.3) is 33.6 Å². The van der Waals surface area contributed by atoms with Crippen LogP contribution < -0.4 is 26.1 Å². The largest absolute Gasteiger partial charge is 0.457 e. The molecule has 0 atom stereocenters. The molecule has 0 bridgehead atoms. The molecular weight excluding hydrogens is 615 g/mol. The number of nitrogens with zero attached hydrogens (tertiary/aromatic N) is 4. The van der Waals surface area contributed by atoms with Gasteiger partial charge in [-0.3, -0.25) is 19.9 Å². The van der Waals surface area contributed by atoms with Crippen LogP contribution >= 0.6 is 0 Å². The zero-order valence-electron chi connectivity index (χ0n) is 28.5. The Balaban J connectivity index is 1.14. The summed E-state index contributed by atoms with van der Waals surface area (Å²) in [6, 6.07) is 36.8. The number of hydrogen-bond donors (Lipinski definition) is 0. The average molecular weight is 651 g/mol. The molecule has 0 saturated heterocycles. The van der Waals surface area contributed by atoms with Crippen molar-refractivity contribution in [1.29, 1.82) is 0 Å². The summed E-state index contributed by atoms with van der Waals surface area (Å²) in [6.45, 7) is 8.25. The molecule has 0 N–H and O–H groups in total. The van der Waals surface area contributed by atoms with Gasteiger partial charge in [0.05, 0.1) is 17.1 Å². The summed E-state index contributed by atoms with van der Waals surface area (Å²) in [5, 5.41) is 0. The van der Waals surface area contributed by atoms with Crippen molar-refractivity contribution in [2.24, 2.45) is 0 Å². The molecule has 0 saturated carbocycles. The molecule has 0 radical (unpaired) electrons. The quantitative estimate of drug-likeness (QED) is 0.154. The highest BCUT2D eigenvalue weighted by Gasteiger charge is 2.36. The van der Waals surface area contributed by atoms with Crippen LogP contribution in [0.1, 0.15) is 36.5 Å². The number of rotatable bonds is 8. The number of aromatic nitrogens is 4. The van der Waals surface area contributed by atoms with Gasteiger partial charge in [-0.1, -0.05) is 61.2 Å². The van der Waals surface area contributed by atoms with Crippen molar-refractivity contribution in [3.8, 4) is 56.6 Å². The van der Waals surface area contributed by atoms with E-state index < -0.39 is 0 Å². The van der Waals surface area contributed by atoms with E-state index in [9.17, 15) is 0 Å². The zero-order chi connectivity index (χ0) is 34.2. The van der Waals surface area contributed by atoms with Crippen LogP contribution in [0, 0.1) is 13.8 Å². The lowest BCUT2D eigenvalue weighted by Gasteiger charge is -2.13. The Morgan fingerprint density at radius 2 is 1.00 bits per heavy atom. The fraction of sp³-hybridized carbons (Fsp3) is 0.116. The van der Waals surface area contributed by atoms with Gasteiger partial charge in [0, 0.05) is 35.9 Å². The molecular formula is C43H35BN4O2. The number of fused-ring (bicyclic) bond motifs is 3. The van der Waals surface area contributed by atoms with Gasteiger partial charge in [-0.25, -0.2) is 0 Å². The first-order valence-corrected chi connectivity index (χ1v) is 16.9. The van der Waals surface area contributed by atoms with Gasteiger partial charge >= 0.3 is 0 Å². The Bertz CT molecular complexity index is 2220. The van der Waals surface area contributed by atoms with Crippen LogP contribution in [0.15, 0.2) is 134 Å². The van der Waals surface area contributed by atoms with Gasteiger partial charge in [-0.05, 0) is 120 Å². The van der Waals surface area contributed by atoms with E-state index in [1.54, 1.807) is 0 Å². The van der Waals surface area contributed by atoms with E-state index in [0.29, 0.717) is 5.92 Å². The van der Waals surface area contributed by atoms with Crippen LogP contribution in [0.2, 0.25) is 0 Å². The van der Waals surface area contributed by atoms with Crippen LogP contribution in [0.4, 0.5) is 0 Å². The number of hydrogen-bond acceptors (Lipinski definition) is 6. The minimum atomic E-state index is -0.195. The Morgan fingerprint density at radius 1 is 0.520 bits per heavy atom. The van der Waals surface area contributed by atoms with Gasteiger partial charge in [-0.15, -0.1) is 0 Å². The lowest BCUT2D eigenvalue weighted by molar-refractivity contribution is 0.483. The van der Waals surface area contributed by atoms with Crippen molar-refractivity contribution >= 4 is 23.4 Å². The number of benzene rings is 4.